The van der Waals surface area contributed by atoms with Crippen LogP contribution in [-0.2, 0) is 9.53 Å². The fraction of sp³-hybridized carbons (Fsp3) is 0.889. The van der Waals surface area contributed by atoms with Crippen molar-refractivity contribution in [1.29, 1.82) is 0 Å². The van der Waals surface area contributed by atoms with E-state index in [1.165, 1.54) is 0 Å². The van der Waals surface area contributed by atoms with Crippen LogP contribution < -0.4 is 5.32 Å². The molecular weight excluding hydrogens is 234 g/mol. The van der Waals surface area contributed by atoms with Crippen molar-refractivity contribution in [1.82, 2.24) is 5.32 Å². The van der Waals surface area contributed by atoms with Crippen molar-refractivity contribution in [3.63, 3.8) is 0 Å². The fourth-order valence-electron chi connectivity index (χ4n) is 1.55. The Labute approximate surface area is 87.3 Å². The average Bonchev–Trinajstić information content (AvgIpc) is 2.18. The molecule has 76 valence electrons. The van der Waals surface area contributed by atoms with E-state index in [2.05, 4.69) is 21.2 Å². The van der Waals surface area contributed by atoms with E-state index in [-0.39, 0.29) is 10.8 Å². The first-order valence-electron chi connectivity index (χ1n) is 4.77. The van der Waals surface area contributed by atoms with Crippen molar-refractivity contribution in [3.05, 3.63) is 0 Å². The van der Waals surface area contributed by atoms with Crippen molar-refractivity contribution in [2.75, 3.05) is 19.7 Å². The number of piperidine rings is 1. The quantitative estimate of drug-likeness (QED) is 0.606. The molecule has 13 heavy (non-hydrogen) atoms. The molecule has 0 radical (unpaired) electrons. The minimum absolute atomic E-state index is 0.116. The highest BCUT2D eigenvalue weighted by Gasteiger charge is 2.27. The Morgan fingerprint density at radius 1 is 1.62 bits per heavy atom. The lowest BCUT2D eigenvalue weighted by Gasteiger charge is -2.25. The molecule has 0 aromatic rings. The molecule has 0 spiro atoms. The van der Waals surface area contributed by atoms with Crippen molar-refractivity contribution >= 4 is 21.9 Å². The number of hydrogen-bond acceptors (Lipinski definition) is 3. The van der Waals surface area contributed by atoms with E-state index in [4.69, 9.17) is 4.74 Å². The summed E-state index contributed by atoms with van der Waals surface area (Å²) in [5.74, 6) is 0.315. The predicted molar refractivity (Wildman–Crippen MR) is 54.9 cm³/mol. The number of carbonyl (C=O) groups excluding carboxylic acids is 1. The molecule has 0 saturated carbocycles. The maximum atomic E-state index is 11.4. The summed E-state index contributed by atoms with van der Waals surface area (Å²) in [5.41, 5.74) is 0. The zero-order valence-corrected chi connectivity index (χ0v) is 9.47. The lowest BCUT2D eigenvalue weighted by atomic mass is 9.95. The summed E-state index contributed by atoms with van der Waals surface area (Å²) in [7, 11) is 0. The summed E-state index contributed by atoms with van der Waals surface area (Å²) >= 11 is 3.40. The van der Waals surface area contributed by atoms with Gasteiger partial charge in [-0.3, -0.25) is 4.79 Å². The summed E-state index contributed by atoms with van der Waals surface area (Å²) in [6.07, 6.45) is 2.10. The van der Waals surface area contributed by atoms with Gasteiger partial charge in [-0.15, -0.1) is 0 Å². The van der Waals surface area contributed by atoms with E-state index in [0.717, 1.165) is 25.9 Å². The zero-order valence-electron chi connectivity index (χ0n) is 7.88. The van der Waals surface area contributed by atoms with Gasteiger partial charge in [0.2, 0.25) is 0 Å². The second kappa shape index (κ2) is 5.60. The summed E-state index contributed by atoms with van der Waals surface area (Å²) in [6, 6.07) is 0. The second-order valence-electron chi connectivity index (χ2n) is 3.24. The van der Waals surface area contributed by atoms with E-state index < -0.39 is 0 Å². The molecule has 1 aliphatic rings. The van der Waals surface area contributed by atoms with Gasteiger partial charge >= 0.3 is 5.97 Å². The van der Waals surface area contributed by atoms with Crippen LogP contribution in [0.4, 0.5) is 0 Å². The van der Waals surface area contributed by atoms with Crippen LogP contribution in [0, 0.1) is 5.92 Å². The fourth-order valence-corrected chi connectivity index (χ4v) is 2.21. The molecule has 0 bridgehead atoms. The first-order chi connectivity index (χ1) is 6.25. The Kier molecular flexibility index (Phi) is 4.73. The molecule has 4 heteroatoms. The van der Waals surface area contributed by atoms with Crippen LogP contribution in [0.1, 0.15) is 19.8 Å². The molecule has 1 N–H and O–H groups in total. The molecule has 1 aliphatic heterocycles. The van der Waals surface area contributed by atoms with Crippen LogP contribution in [0.15, 0.2) is 0 Å². The largest absolute Gasteiger partial charge is 0.465 e. The molecule has 1 unspecified atom stereocenters. The molecule has 3 nitrogen and oxygen atoms in total. The minimum Gasteiger partial charge on any atom is -0.465 e. The maximum Gasteiger partial charge on any atom is 0.319 e. The third kappa shape index (κ3) is 3.27. The Bertz CT molecular complexity index is 169. The van der Waals surface area contributed by atoms with Gasteiger partial charge in [0, 0.05) is 0 Å². The molecule has 1 heterocycles. The molecule has 1 atom stereocenters. The SMILES string of the molecule is CCOC(=O)C(Br)C1CCNCC1. The van der Waals surface area contributed by atoms with Crippen molar-refractivity contribution in [2.24, 2.45) is 5.92 Å². The van der Waals surface area contributed by atoms with Crippen LogP contribution in [0.25, 0.3) is 0 Å². The Hall–Kier alpha value is -0.0900. The van der Waals surface area contributed by atoms with Crippen LogP contribution in [0.5, 0.6) is 0 Å². The zero-order chi connectivity index (χ0) is 9.68. The van der Waals surface area contributed by atoms with E-state index in [9.17, 15) is 4.79 Å². The van der Waals surface area contributed by atoms with Crippen LogP contribution in [0.3, 0.4) is 0 Å². The smallest absolute Gasteiger partial charge is 0.319 e. The monoisotopic (exact) mass is 249 g/mol. The molecule has 0 amide bonds. The second-order valence-corrected chi connectivity index (χ2v) is 4.23. The molecule has 1 fully saturated rings. The van der Waals surface area contributed by atoms with Crippen LogP contribution in [0.2, 0.25) is 0 Å². The topological polar surface area (TPSA) is 38.3 Å². The number of carbonyl (C=O) groups is 1. The number of esters is 1. The predicted octanol–water partition coefficient (Wildman–Crippen LogP) is 1.31. The van der Waals surface area contributed by atoms with Gasteiger partial charge in [-0.05, 0) is 38.8 Å². The summed E-state index contributed by atoms with van der Waals surface area (Å²) in [4.78, 5) is 11.2. The van der Waals surface area contributed by atoms with Gasteiger partial charge in [0.15, 0.2) is 0 Å². The maximum absolute atomic E-state index is 11.4. The highest BCUT2D eigenvalue weighted by Crippen LogP contribution is 2.23. The van der Waals surface area contributed by atoms with Gasteiger partial charge in [0.05, 0.1) is 6.61 Å². The number of alkyl halides is 1. The third-order valence-electron chi connectivity index (χ3n) is 2.31. The molecule has 1 rings (SSSR count). The lowest BCUT2D eigenvalue weighted by Crippen LogP contribution is -2.35. The van der Waals surface area contributed by atoms with Gasteiger partial charge in [0.1, 0.15) is 4.83 Å². The van der Waals surface area contributed by atoms with Crippen molar-refractivity contribution in [3.8, 4) is 0 Å². The first kappa shape index (κ1) is 11.0. The van der Waals surface area contributed by atoms with Gasteiger partial charge in [-0.2, -0.15) is 0 Å². The van der Waals surface area contributed by atoms with Gasteiger partial charge in [-0.25, -0.2) is 0 Å². The standard InChI is InChI=1S/C9H16BrNO2/c1-2-13-9(12)8(10)7-3-5-11-6-4-7/h7-8,11H,2-6H2,1H3. The van der Waals surface area contributed by atoms with Gasteiger partial charge < -0.3 is 10.1 Å². The van der Waals surface area contributed by atoms with Crippen molar-refractivity contribution in [2.45, 2.75) is 24.6 Å². The Morgan fingerprint density at radius 3 is 2.77 bits per heavy atom. The number of ether oxygens (including phenoxy) is 1. The van der Waals surface area contributed by atoms with E-state index in [1.807, 2.05) is 6.92 Å². The molecular formula is C9H16BrNO2. The highest BCUT2D eigenvalue weighted by atomic mass is 79.9. The summed E-state index contributed by atoms with van der Waals surface area (Å²) in [5, 5.41) is 3.27. The molecule has 0 aliphatic carbocycles. The lowest BCUT2D eigenvalue weighted by molar-refractivity contribution is -0.143. The summed E-state index contributed by atoms with van der Waals surface area (Å²) < 4.78 is 4.95. The van der Waals surface area contributed by atoms with E-state index >= 15 is 0 Å². The Morgan fingerprint density at radius 2 is 2.23 bits per heavy atom. The summed E-state index contributed by atoms with van der Waals surface area (Å²) in [6.45, 7) is 4.31. The average molecular weight is 250 g/mol. The highest BCUT2D eigenvalue weighted by molar-refractivity contribution is 9.10. The molecule has 0 aromatic carbocycles. The van der Waals surface area contributed by atoms with Crippen molar-refractivity contribution < 1.29 is 9.53 Å². The normalized spacial score (nSPS) is 21.1. The first-order valence-corrected chi connectivity index (χ1v) is 5.68. The number of nitrogens with one attached hydrogen (secondary N) is 1. The van der Waals surface area contributed by atoms with E-state index in [0.29, 0.717) is 12.5 Å². The molecule has 1 saturated heterocycles. The number of hydrogen-bond donors (Lipinski definition) is 1. The number of halogens is 1. The van der Waals surface area contributed by atoms with Gasteiger partial charge in [0.25, 0.3) is 0 Å². The third-order valence-corrected chi connectivity index (χ3v) is 3.43. The van der Waals surface area contributed by atoms with E-state index in [1.54, 1.807) is 0 Å². The van der Waals surface area contributed by atoms with Crippen LogP contribution >= 0.6 is 15.9 Å². The Balaban J connectivity index is 2.35. The van der Waals surface area contributed by atoms with Crippen LogP contribution in [-0.4, -0.2) is 30.5 Å². The van der Waals surface area contributed by atoms with Gasteiger partial charge in [-0.1, -0.05) is 15.9 Å². The number of rotatable bonds is 3. The minimum atomic E-state index is -0.116. The molecule has 0 aromatic heterocycles.